The summed E-state index contributed by atoms with van der Waals surface area (Å²) in [6, 6.07) is 0. The lowest BCUT2D eigenvalue weighted by molar-refractivity contribution is -0.129. The SMILES string of the molecule is COCCNCc1cnc(N2CCN(C(C)=O)CC2)nc1. The summed E-state index contributed by atoms with van der Waals surface area (Å²) in [4.78, 5) is 24.1. The van der Waals surface area contributed by atoms with E-state index in [1.165, 1.54) is 0 Å². The Kier molecular flexibility index (Phi) is 5.89. The predicted molar refractivity (Wildman–Crippen MR) is 80.1 cm³/mol. The van der Waals surface area contributed by atoms with Crippen molar-refractivity contribution in [1.29, 1.82) is 0 Å². The molecule has 0 spiro atoms. The average molecular weight is 293 g/mol. The molecule has 1 aromatic heterocycles. The fraction of sp³-hybridized carbons (Fsp3) is 0.643. The van der Waals surface area contributed by atoms with Crippen LogP contribution in [0.3, 0.4) is 0 Å². The summed E-state index contributed by atoms with van der Waals surface area (Å²) in [7, 11) is 1.69. The van der Waals surface area contributed by atoms with Crippen molar-refractivity contribution in [1.82, 2.24) is 20.2 Å². The van der Waals surface area contributed by atoms with Crippen LogP contribution in [0.1, 0.15) is 12.5 Å². The van der Waals surface area contributed by atoms with E-state index in [0.717, 1.165) is 50.8 Å². The first-order valence-electron chi connectivity index (χ1n) is 7.21. The molecular weight excluding hydrogens is 270 g/mol. The number of methoxy groups -OCH3 is 1. The third-order valence-corrected chi connectivity index (χ3v) is 3.51. The molecule has 21 heavy (non-hydrogen) atoms. The van der Waals surface area contributed by atoms with E-state index in [4.69, 9.17) is 4.74 Å². The van der Waals surface area contributed by atoms with Crippen LogP contribution in [0.25, 0.3) is 0 Å². The van der Waals surface area contributed by atoms with Crippen LogP contribution in [0.5, 0.6) is 0 Å². The molecule has 0 radical (unpaired) electrons. The molecule has 2 rings (SSSR count). The van der Waals surface area contributed by atoms with E-state index in [2.05, 4.69) is 20.2 Å². The zero-order chi connectivity index (χ0) is 15.1. The van der Waals surface area contributed by atoms with Gasteiger partial charge < -0.3 is 19.9 Å². The number of ether oxygens (including phenoxy) is 1. The van der Waals surface area contributed by atoms with Gasteiger partial charge in [-0.05, 0) is 0 Å². The maximum Gasteiger partial charge on any atom is 0.225 e. The molecule has 0 unspecified atom stereocenters. The Morgan fingerprint density at radius 1 is 1.29 bits per heavy atom. The zero-order valence-corrected chi connectivity index (χ0v) is 12.7. The first-order valence-corrected chi connectivity index (χ1v) is 7.21. The molecule has 2 heterocycles. The fourth-order valence-corrected chi connectivity index (χ4v) is 2.23. The number of carbonyl (C=O) groups excluding carboxylic acids is 1. The van der Waals surface area contributed by atoms with Gasteiger partial charge in [-0.2, -0.15) is 0 Å². The molecule has 1 aliphatic rings. The molecule has 7 nitrogen and oxygen atoms in total. The minimum absolute atomic E-state index is 0.132. The molecule has 1 N–H and O–H groups in total. The molecule has 0 atom stereocenters. The smallest absolute Gasteiger partial charge is 0.225 e. The quantitative estimate of drug-likeness (QED) is 0.738. The summed E-state index contributed by atoms with van der Waals surface area (Å²) < 4.78 is 4.98. The lowest BCUT2D eigenvalue weighted by atomic mass is 10.3. The maximum atomic E-state index is 11.3. The number of amides is 1. The second-order valence-corrected chi connectivity index (χ2v) is 5.05. The Balaban J connectivity index is 1.81. The third kappa shape index (κ3) is 4.64. The number of anilines is 1. The molecule has 0 saturated carbocycles. The van der Waals surface area contributed by atoms with Crippen LogP contribution in [0.15, 0.2) is 12.4 Å². The highest BCUT2D eigenvalue weighted by Crippen LogP contribution is 2.10. The van der Waals surface area contributed by atoms with Crippen molar-refractivity contribution in [2.45, 2.75) is 13.5 Å². The second kappa shape index (κ2) is 7.90. The van der Waals surface area contributed by atoms with Crippen LogP contribution in [-0.4, -0.2) is 67.2 Å². The Bertz CT molecular complexity index is 443. The largest absolute Gasteiger partial charge is 0.383 e. The first kappa shape index (κ1) is 15.7. The molecule has 1 aromatic rings. The van der Waals surface area contributed by atoms with Crippen LogP contribution in [-0.2, 0) is 16.1 Å². The topological polar surface area (TPSA) is 70.6 Å². The van der Waals surface area contributed by atoms with Crippen LogP contribution in [0.2, 0.25) is 0 Å². The summed E-state index contributed by atoms with van der Waals surface area (Å²) in [5.74, 6) is 0.867. The molecule has 1 fully saturated rings. The van der Waals surface area contributed by atoms with E-state index >= 15 is 0 Å². The molecule has 1 aliphatic heterocycles. The van der Waals surface area contributed by atoms with Crippen LogP contribution in [0.4, 0.5) is 5.95 Å². The summed E-state index contributed by atoms with van der Waals surface area (Å²) in [5.41, 5.74) is 1.05. The highest BCUT2D eigenvalue weighted by Gasteiger charge is 2.20. The lowest BCUT2D eigenvalue weighted by Crippen LogP contribution is -2.48. The maximum absolute atomic E-state index is 11.3. The minimum atomic E-state index is 0.132. The van der Waals surface area contributed by atoms with E-state index in [1.807, 2.05) is 17.3 Å². The first-order chi connectivity index (χ1) is 10.2. The zero-order valence-electron chi connectivity index (χ0n) is 12.7. The predicted octanol–water partition coefficient (Wildman–Crippen LogP) is -0.119. The van der Waals surface area contributed by atoms with Crippen molar-refractivity contribution >= 4 is 11.9 Å². The standard InChI is InChI=1S/C14H23N5O2/c1-12(20)18-4-6-19(7-5-18)14-16-10-13(11-17-14)9-15-3-8-21-2/h10-11,15H,3-9H2,1-2H3. The Hall–Kier alpha value is -1.73. The second-order valence-electron chi connectivity index (χ2n) is 5.05. The Morgan fingerprint density at radius 3 is 2.52 bits per heavy atom. The molecule has 0 aromatic carbocycles. The number of nitrogens with one attached hydrogen (secondary N) is 1. The molecule has 116 valence electrons. The van der Waals surface area contributed by atoms with Gasteiger partial charge >= 0.3 is 0 Å². The molecule has 0 bridgehead atoms. The van der Waals surface area contributed by atoms with Gasteiger partial charge in [0.15, 0.2) is 0 Å². The van der Waals surface area contributed by atoms with E-state index in [0.29, 0.717) is 6.61 Å². The van der Waals surface area contributed by atoms with Crippen molar-refractivity contribution < 1.29 is 9.53 Å². The number of nitrogens with zero attached hydrogens (tertiary/aromatic N) is 4. The number of piperazine rings is 1. The molecule has 0 aliphatic carbocycles. The molecule has 7 heteroatoms. The van der Waals surface area contributed by atoms with Crippen molar-refractivity contribution in [2.75, 3.05) is 51.3 Å². The van der Waals surface area contributed by atoms with Crippen molar-refractivity contribution in [2.24, 2.45) is 0 Å². The number of aromatic nitrogens is 2. The van der Waals surface area contributed by atoms with Crippen molar-refractivity contribution in [3.05, 3.63) is 18.0 Å². The van der Waals surface area contributed by atoms with Gasteiger partial charge in [-0.1, -0.05) is 0 Å². The van der Waals surface area contributed by atoms with E-state index in [9.17, 15) is 4.79 Å². The van der Waals surface area contributed by atoms with Crippen LogP contribution in [0, 0.1) is 0 Å². The number of rotatable bonds is 6. The molecular formula is C14H23N5O2. The summed E-state index contributed by atoms with van der Waals surface area (Å²) >= 11 is 0. The van der Waals surface area contributed by atoms with Gasteiger partial charge in [-0.3, -0.25) is 4.79 Å². The van der Waals surface area contributed by atoms with Gasteiger partial charge in [0.05, 0.1) is 6.61 Å². The van der Waals surface area contributed by atoms with Gasteiger partial charge in [0.25, 0.3) is 0 Å². The number of carbonyl (C=O) groups is 1. The molecule has 1 amide bonds. The Labute approximate surface area is 125 Å². The molecule has 1 saturated heterocycles. The van der Waals surface area contributed by atoms with Gasteiger partial charge in [0, 0.05) is 71.3 Å². The minimum Gasteiger partial charge on any atom is -0.383 e. The normalized spacial score (nSPS) is 15.3. The summed E-state index contributed by atoms with van der Waals surface area (Å²) in [5, 5.41) is 3.26. The third-order valence-electron chi connectivity index (χ3n) is 3.51. The summed E-state index contributed by atoms with van der Waals surface area (Å²) in [6.07, 6.45) is 3.69. The highest BCUT2D eigenvalue weighted by molar-refractivity contribution is 5.73. The van der Waals surface area contributed by atoms with E-state index < -0.39 is 0 Å². The number of hydrogen-bond acceptors (Lipinski definition) is 6. The summed E-state index contributed by atoms with van der Waals surface area (Å²) in [6.45, 7) is 6.89. The fourth-order valence-electron chi connectivity index (χ4n) is 2.23. The van der Waals surface area contributed by atoms with Crippen LogP contribution < -0.4 is 10.2 Å². The van der Waals surface area contributed by atoms with Gasteiger partial charge in [0.1, 0.15) is 0 Å². The monoisotopic (exact) mass is 293 g/mol. The lowest BCUT2D eigenvalue weighted by Gasteiger charge is -2.34. The van der Waals surface area contributed by atoms with Crippen LogP contribution >= 0.6 is 0 Å². The van der Waals surface area contributed by atoms with E-state index in [-0.39, 0.29) is 5.91 Å². The van der Waals surface area contributed by atoms with Gasteiger partial charge in [-0.25, -0.2) is 9.97 Å². The van der Waals surface area contributed by atoms with E-state index in [1.54, 1.807) is 14.0 Å². The van der Waals surface area contributed by atoms with Crippen molar-refractivity contribution in [3.8, 4) is 0 Å². The average Bonchev–Trinajstić information content (AvgIpc) is 2.52. The number of hydrogen-bond donors (Lipinski definition) is 1. The van der Waals surface area contributed by atoms with Gasteiger partial charge in [0.2, 0.25) is 11.9 Å². The highest BCUT2D eigenvalue weighted by atomic mass is 16.5. The Morgan fingerprint density at radius 2 is 1.95 bits per heavy atom. The van der Waals surface area contributed by atoms with Crippen molar-refractivity contribution in [3.63, 3.8) is 0 Å². The van der Waals surface area contributed by atoms with Gasteiger partial charge in [-0.15, -0.1) is 0 Å².